The molecule has 0 bridgehead atoms. The summed E-state index contributed by atoms with van der Waals surface area (Å²) in [5.41, 5.74) is 1.17. The van der Waals surface area contributed by atoms with Crippen LogP contribution in [0.2, 0.25) is 0 Å². The molecule has 1 aromatic rings. The van der Waals surface area contributed by atoms with Crippen molar-refractivity contribution in [2.45, 2.75) is 52.5 Å². The fourth-order valence-electron chi connectivity index (χ4n) is 1.76. The molecule has 1 atom stereocenters. The Morgan fingerprint density at radius 2 is 2.25 bits per heavy atom. The van der Waals surface area contributed by atoms with E-state index in [1.54, 1.807) is 0 Å². The van der Waals surface area contributed by atoms with Gasteiger partial charge in [-0.15, -0.1) is 5.10 Å². The van der Waals surface area contributed by atoms with E-state index in [4.69, 9.17) is 0 Å². The van der Waals surface area contributed by atoms with Crippen LogP contribution >= 0.6 is 0 Å². The third-order valence-corrected chi connectivity index (χ3v) is 2.90. The molecule has 16 heavy (non-hydrogen) atoms. The van der Waals surface area contributed by atoms with Gasteiger partial charge in [0.15, 0.2) is 0 Å². The van der Waals surface area contributed by atoms with E-state index in [9.17, 15) is 4.79 Å². The van der Waals surface area contributed by atoms with Crippen molar-refractivity contribution in [3.05, 3.63) is 11.9 Å². The first kappa shape index (κ1) is 12.9. The molecule has 0 fully saturated rings. The largest absolute Gasteiger partial charge is 0.303 e. The van der Waals surface area contributed by atoms with E-state index in [2.05, 4.69) is 24.2 Å². The molecule has 0 radical (unpaired) electrons. The summed E-state index contributed by atoms with van der Waals surface area (Å²) >= 11 is 0. The highest BCUT2D eigenvalue weighted by molar-refractivity contribution is 5.53. The summed E-state index contributed by atoms with van der Waals surface area (Å²) in [6, 6.07) is 0. The van der Waals surface area contributed by atoms with Gasteiger partial charge in [0.1, 0.15) is 6.29 Å². The first-order valence-corrected chi connectivity index (χ1v) is 6.02. The van der Waals surface area contributed by atoms with Crippen LogP contribution in [0.3, 0.4) is 0 Å². The van der Waals surface area contributed by atoms with Crippen molar-refractivity contribution in [2.24, 2.45) is 5.92 Å². The fourth-order valence-corrected chi connectivity index (χ4v) is 1.76. The molecule has 1 heterocycles. The molecular formula is C12H21N3O. The second-order valence-corrected chi connectivity index (χ2v) is 4.48. The number of carbonyl (C=O) groups is 1. The second-order valence-electron chi connectivity index (χ2n) is 4.48. The molecule has 0 amide bonds. The minimum absolute atomic E-state index is 0.200. The molecule has 0 aliphatic rings. The van der Waals surface area contributed by atoms with Gasteiger partial charge in [-0.3, -0.25) is 0 Å². The van der Waals surface area contributed by atoms with Crippen molar-refractivity contribution in [3.63, 3.8) is 0 Å². The van der Waals surface area contributed by atoms with Crippen LogP contribution in [-0.2, 0) is 11.3 Å². The number of aldehydes is 1. The van der Waals surface area contributed by atoms with Crippen molar-refractivity contribution >= 4 is 6.29 Å². The second kappa shape index (κ2) is 6.40. The number of hydrogen-bond donors (Lipinski definition) is 0. The summed E-state index contributed by atoms with van der Waals surface area (Å²) < 4.78 is 1.95. The molecule has 1 unspecified atom stereocenters. The molecule has 0 N–H and O–H groups in total. The summed E-state index contributed by atoms with van der Waals surface area (Å²) in [4.78, 5) is 10.7. The van der Waals surface area contributed by atoms with E-state index in [1.165, 1.54) is 5.69 Å². The van der Waals surface area contributed by atoms with E-state index in [0.29, 0.717) is 5.92 Å². The maximum atomic E-state index is 10.7. The highest BCUT2D eigenvalue weighted by atomic mass is 16.1. The van der Waals surface area contributed by atoms with E-state index >= 15 is 0 Å². The van der Waals surface area contributed by atoms with Crippen molar-refractivity contribution < 1.29 is 4.79 Å². The molecule has 0 saturated carbocycles. The SMILES string of the molecule is CCC(C=O)CCCn1nncc1C(C)C. The lowest BCUT2D eigenvalue weighted by Gasteiger charge is -2.10. The monoisotopic (exact) mass is 223 g/mol. The Balaban J connectivity index is 2.42. The smallest absolute Gasteiger partial charge is 0.123 e. The number of hydrogen-bond acceptors (Lipinski definition) is 3. The highest BCUT2D eigenvalue weighted by Crippen LogP contribution is 2.14. The number of nitrogens with zero attached hydrogens (tertiary/aromatic N) is 3. The van der Waals surface area contributed by atoms with Crippen LogP contribution in [0.5, 0.6) is 0 Å². The van der Waals surface area contributed by atoms with Gasteiger partial charge in [-0.05, 0) is 25.2 Å². The van der Waals surface area contributed by atoms with E-state index in [0.717, 1.165) is 32.1 Å². The zero-order valence-corrected chi connectivity index (χ0v) is 10.4. The van der Waals surface area contributed by atoms with Gasteiger partial charge in [-0.25, -0.2) is 4.68 Å². The molecule has 4 nitrogen and oxygen atoms in total. The van der Waals surface area contributed by atoms with Crippen molar-refractivity contribution in [1.82, 2.24) is 15.0 Å². The van der Waals surface area contributed by atoms with Crippen LogP contribution in [0.1, 0.15) is 51.6 Å². The molecular weight excluding hydrogens is 202 g/mol. The average molecular weight is 223 g/mol. The summed E-state index contributed by atoms with van der Waals surface area (Å²) in [6.07, 6.45) is 5.74. The topological polar surface area (TPSA) is 47.8 Å². The number of aromatic nitrogens is 3. The van der Waals surface area contributed by atoms with Crippen LogP contribution in [0, 0.1) is 5.92 Å². The first-order valence-electron chi connectivity index (χ1n) is 6.02. The predicted molar refractivity (Wildman–Crippen MR) is 63.2 cm³/mol. The van der Waals surface area contributed by atoms with Crippen LogP contribution in [0.15, 0.2) is 6.20 Å². The Morgan fingerprint density at radius 1 is 1.50 bits per heavy atom. The average Bonchev–Trinajstić information content (AvgIpc) is 2.72. The summed E-state index contributed by atoms with van der Waals surface area (Å²) in [6.45, 7) is 7.18. The van der Waals surface area contributed by atoms with Gasteiger partial charge < -0.3 is 4.79 Å². The Morgan fingerprint density at radius 3 is 2.81 bits per heavy atom. The first-order chi connectivity index (χ1) is 7.69. The van der Waals surface area contributed by atoms with Gasteiger partial charge >= 0.3 is 0 Å². The molecule has 0 spiro atoms. The third kappa shape index (κ3) is 3.43. The maximum absolute atomic E-state index is 10.7. The number of rotatable bonds is 7. The zero-order chi connectivity index (χ0) is 12.0. The Bertz CT molecular complexity index is 320. The number of carbonyl (C=O) groups excluding carboxylic acids is 1. The maximum Gasteiger partial charge on any atom is 0.123 e. The van der Waals surface area contributed by atoms with E-state index < -0.39 is 0 Å². The summed E-state index contributed by atoms with van der Waals surface area (Å²) in [5, 5.41) is 7.99. The molecule has 1 rings (SSSR count). The molecule has 0 aromatic carbocycles. The van der Waals surface area contributed by atoms with Crippen LogP contribution < -0.4 is 0 Å². The third-order valence-electron chi connectivity index (χ3n) is 2.90. The van der Waals surface area contributed by atoms with Gasteiger partial charge in [-0.2, -0.15) is 0 Å². The molecule has 1 aromatic heterocycles. The Kier molecular flexibility index (Phi) is 5.15. The van der Waals surface area contributed by atoms with E-state index in [-0.39, 0.29) is 5.92 Å². The Labute approximate surface area is 97.0 Å². The Hall–Kier alpha value is -1.19. The van der Waals surface area contributed by atoms with Crippen molar-refractivity contribution in [1.29, 1.82) is 0 Å². The van der Waals surface area contributed by atoms with E-state index in [1.807, 2.05) is 17.8 Å². The normalized spacial score (nSPS) is 13.0. The zero-order valence-electron chi connectivity index (χ0n) is 10.4. The summed E-state index contributed by atoms with van der Waals surface area (Å²) in [5.74, 6) is 0.647. The molecule has 90 valence electrons. The molecule has 0 saturated heterocycles. The quantitative estimate of drug-likeness (QED) is 0.667. The lowest BCUT2D eigenvalue weighted by atomic mass is 10.0. The highest BCUT2D eigenvalue weighted by Gasteiger charge is 2.09. The molecule has 0 aliphatic heterocycles. The van der Waals surface area contributed by atoms with Crippen molar-refractivity contribution in [3.8, 4) is 0 Å². The van der Waals surface area contributed by atoms with Crippen LogP contribution in [-0.4, -0.2) is 21.3 Å². The van der Waals surface area contributed by atoms with Gasteiger partial charge in [0, 0.05) is 12.5 Å². The van der Waals surface area contributed by atoms with Crippen molar-refractivity contribution in [2.75, 3.05) is 0 Å². The van der Waals surface area contributed by atoms with Gasteiger partial charge in [0.25, 0.3) is 0 Å². The minimum Gasteiger partial charge on any atom is -0.303 e. The fraction of sp³-hybridized carbons (Fsp3) is 0.750. The van der Waals surface area contributed by atoms with Crippen LogP contribution in [0.25, 0.3) is 0 Å². The standard InChI is InChI=1S/C12H21N3O/c1-4-11(9-16)6-5-7-15-12(10(2)3)8-13-14-15/h8-11H,4-7H2,1-3H3. The predicted octanol–water partition coefficient (Wildman–Crippen LogP) is 2.41. The van der Waals surface area contributed by atoms with Crippen LogP contribution in [0.4, 0.5) is 0 Å². The molecule has 4 heteroatoms. The number of aryl methyl sites for hydroxylation is 1. The minimum atomic E-state index is 0.200. The van der Waals surface area contributed by atoms with Gasteiger partial charge in [-0.1, -0.05) is 26.0 Å². The van der Waals surface area contributed by atoms with Gasteiger partial charge in [0.05, 0.1) is 11.9 Å². The molecule has 0 aliphatic carbocycles. The lowest BCUT2D eigenvalue weighted by Crippen LogP contribution is -2.09. The van der Waals surface area contributed by atoms with Gasteiger partial charge in [0.2, 0.25) is 0 Å². The summed E-state index contributed by atoms with van der Waals surface area (Å²) in [7, 11) is 0. The lowest BCUT2D eigenvalue weighted by molar-refractivity contribution is -0.111.